The van der Waals surface area contributed by atoms with E-state index in [1.165, 1.54) is 19.3 Å². The topological polar surface area (TPSA) is 62.9 Å². The fourth-order valence-electron chi connectivity index (χ4n) is 5.87. The fraction of sp³-hybridized carbons (Fsp3) is 0.545. The highest BCUT2D eigenvalue weighted by molar-refractivity contribution is 5.98. The van der Waals surface area contributed by atoms with Gasteiger partial charge < -0.3 is 14.4 Å². The largest absolute Gasteiger partial charge is 0.339 e. The summed E-state index contributed by atoms with van der Waals surface area (Å²) < 4.78 is 3.90. The van der Waals surface area contributed by atoms with Crippen LogP contribution in [0.5, 0.6) is 0 Å². The van der Waals surface area contributed by atoms with Gasteiger partial charge in [-0.05, 0) is 93.9 Å². The number of aryl methyl sites for hydroxylation is 1. The minimum atomic E-state index is -0.0602. The fourth-order valence-corrected chi connectivity index (χ4v) is 5.87. The van der Waals surface area contributed by atoms with Gasteiger partial charge in [-0.25, -0.2) is 9.38 Å². The van der Waals surface area contributed by atoms with Gasteiger partial charge in [-0.1, -0.05) is 46.2 Å². The third-order valence-electron chi connectivity index (χ3n) is 8.30. The lowest BCUT2D eigenvalue weighted by Crippen LogP contribution is -2.34. The zero-order chi connectivity index (χ0) is 28.2. The number of hydrogen-bond acceptors (Lipinski definition) is 4. The number of aromatic nitrogens is 3. The Hall–Kier alpha value is -3.19. The van der Waals surface area contributed by atoms with Gasteiger partial charge >= 0.3 is 0 Å². The Balaban J connectivity index is 1.56. The summed E-state index contributed by atoms with van der Waals surface area (Å²) in [7, 11) is 0. The average Bonchev–Trinajstić information content (AvgIpc) is 3.26. The van der Waals surface area contributed by atoms with Crippen LogP contribution in [0.2, 0.25) is 0 Å². The van der Waals surface area contributed by atoms with Crippen molar-refractivity contribution in [1.82, 2.24) is 23.8 Å². The maximum atomic E-state index is 13.8. The van der Waals surface area contributed by atoms with Crippen LogP contribution in [0.4, 0.5) is 0 Å². The van der Waals surface area contributed by atoms with E-state index < -0.39 is 0 Å². The number of carbonyl (C=O) groups excluding carboxylic acids is 1. The Labute approximate surface area is 237 Å². The normalized spacial score (nSPS) is 14.8. The van der Waals surface area contributed by atoms with Crippen molar-refractivity contribution in [1.29, 1.82) is 0 Å². The highest BCUT2D eigenvalue weighted by Gasteiger charge is 2.21. The molecule has 0 unspecified atom stereocenters. The lowest BCUT2D eigenvalue weighted by Gasteiger charge is -2.26. The number of nitrogens with zero attached hydrogens (tertiary/aromatic N) is 5. The summed E-state index contributed by atoms with van der Waals surface area (Å²) in [4.78, 5) is 37.1. The number of likely N-dealkylation sites (tertiary alicyclic amines) is 1. The standard InChI is InChI=1S/C33H45N5O2/c1-24(2)15-21-36(22-16-25(3)4)31(39)26-13-14-29-30(23-26)37(20-10-19-35-17-8-5-9-18-35)33-34-28-12-7-6-11-27(28)32(40)38(29)33/h6-7,11-14,23-25H,5,8-10,15-22H2,1-4H3. The van der Waals surface area contributed by atoms with E-state index in [0.29, 0.717) is 34.1 Å². The molecule has 214 valence electrons. The lowest BCUT2D eigenvalue weighted by atomic mass is 10.1. The van der Waals surface area contributed by atoms with E-state index in [-0.39, 0.29) is 11.5 Å². The van der Waals surface area contributed by atoms with E-state index in [2.05, 4.69) is 37.2 Å². The SMILES string of the molecule is CC(C)CCN(CCC(C)C)C(=O)c1ccc2c(c1)n(CCCN1CCCCC1)c1nc3ccccc3c(=O)n21. The van der Waals surface area contributed by atoms with Crippen molar-refractivity contribution >= 4 is 33.6 Å². The third-order valence-corrected chi connectivity index (χ3v) is 8.30. The minimum absolute atomic E-state index is 0.0602. The number of benzene rings is 2. The van der Waals surface area contributed by atoms with Crippen molar-refractivity contribution < 1.29 is 4.79 Å². The van der Waals surface area contributed by atoms with Crippen LogP contribution in [0.25, 0.3) is 27.7 Å². The summed E-state index contributed by atoms with van der Waals surface area (Å²) in [6.07, 6.45) is 6.80. The highest BCUT2D eigenvalue weighted by atomic mass is 16.2. The van der Waals surface area contributed by atoms with Crippen molar-refractivity contribution in [3.8, 4) is 0 Å². The van der Waals surface area contributed by atoms with Crippen molar-refractivity contribution in [2.45, 2.75) is 72.8 Å². The molecule has 4 aromatic rings. The van der Waals surface area contributed by atoms with Gasteiger partial charge in [-0.3, -0.25) is 9.59 Å². The Morgan fingerprint density at radius 2 is 1.60 bits per heavy atom. The molecule has 0 bridgehead atoms. The van der Waals surface area contributed by atoms with Crippen molar-refractivity contribution in [3.05, 3.63) is 58.4 Å². The molecule has 1 fully saturated rings. The molecule has 0 aliphatic carbocycles. The highest BCUT2D eigenvalue weighted by Crippen LogP contribution is 2.24. The molecule has 1 amide bonds. The maximum Gasteiger partial charge on any atom is 0.267 e. The number of fused-ring (bicyclic) bond motifs is 4. The predicted molar refractivity (Wildman–Crippen MR) is 164 cm³/mol. The van der Waals surface area contributed by atoms with Crippen LogP contribution in [0, 0.1) is 11.8 Å². The van der Waals surface area contributed by atoms with Crippen LogP contribution in [0.3, 0.4) is 0 Å². The molecule has 0 saturated carbocycles. The monoisotopic (exact) mass is 543 g/mol. The van der Waals surface area contributed by atoms with Crippen LogP contribution in [0.15, 0.2) is 47.3 Å². The smallest absolute Gasteiger partial charge is 0.267 e. The molecule has 1 aliphatic rings. The van der Waals surface area contributed by atoms with Crippen LogP contribution in [-0.4, -0.2) is 62.4 Å². The third kappa shape index (κ3) is 6.09. The summed E-state index contributed by atoms with van der Waals surface area (Å²) >= 11 is 0. The van der Waals surface area contributed by atoms with Crippen LogP contribution < -0.4 is 5.56 Å². The lowest BCUT2D eigenvalue weighted by molar-refractivity contribution is 0.0741. The number of rotatable bonds is 11. The van der Waals surface area contributed by atoms with Gasteiger partial charge in [0.15, 0.2) is 0 Å². The molecule has 2 aromatic heterocycles. The minimum Gasteiger partial charge on any atom is -0.339 e. The second kappa shape index (κ2) is 12.5. The molecular weight excluding hydrogens is 498 g/mol. The Bertz CT molecular complexity index is 1510. The second-order valence-corrected chi connectivity index (χ2v) is 12.3. The summed E-state index contributed by atoms with van der Waals surface area (Å²) in [6, 6.07) is 13.4. The molecule has 1 aliphatic heterocycles. The predicted octanol–water partition coefficient (Wildman–Crippen LogP) is 6.21. The molecule has 0 spiro atoms. The number of imidazole rings is 1. The van der Waals surface area contributed by atoms with Gasteiger partial charge in [-0.15, -0.1) is 0 Å². The number of carbonyl (C=O) groups is 1. The zero-order valence-corrected chi connectivity index (χ0v) is 24.7. The molecule has 0 N–H and O–H groups in total. The zero-order valence-electron chi connectivity index (χ0n) is 24.7. The van der Waals surface area contributed by atoms with Gasteiger partial charge in [-0.2, -0.15) is 0 Å². The average molecular weight is 544 g/mol. The summed E-state index contributed by atoms with van der Waals surface area (Å²) in [6.45, 7) is 14.4. The van der Waals surface area contributed by atoms with Gasteiger partial charge in [0.05, 0.1) is 21.9 Å². The molecular formula is C33H45N5O2. The van der Waals surface area contributed by atoms with E-state index in [0.717, 1.165) is 69.6 Å². The first-order valence-electron chi connectivity index (χ1n) is 15.3. The van der Waals surface area contributed by atoms with E-state index in [4.69, 9.17) is 4.98 Å². The molecule has 3 heterocycles. The second-order valence-electron chi connectivity index (χ2n) is 12.3. The van der Waals surface area contributed by atoms with Gasteiger partial charge in [0.1, 0.15) is 0 Å². The Morgan fingerprint density at radius 1 is 0.900 bits per heavy atom. The van der Waals surface area contributed by atoms with Crippen molar-refractivity contribution in [3.63, 3.8) is 0 Å². The van der Waals surface area contributed by atoms with E-state index >= 15 is 0 Å². The maximum absolute atomic E-state index is 13.8. The first kappa shape index (κ1) is 28.3. The van der Waals surface area contributed by atoms with Crippen LogP contribution in [-0.2, 0) is 6.54 Å². The summed E-state index contributed by atoms with van der Waals surface area (Å²) in [5.74, 6) is 1.79. The Morgan fingerprint density at radius 3 is 2.30 bits per heavy atom. The number of amides is 1. The number of hydrogen-bond donors (Lipinski definition) is 0. The first-order chi connectivity index (χ1) is 19.3. The number of para-hydroxylation sites is 1. The quantitative estimate of drug-likeness (QED) is 0.226. The molecule has 7 nitrogen and oxygen atoms in total. The molecule has 2 aromatic carbocycles. The van der Waals surface area contributed by atoms with Crippen LogP contribution >= 0.6 is 0 Å². The van der Waals surface area contributed by atoms with Gasteiger partial charge in [0.2, 0.25) is 5.78 Å². The Kier molecular flexibility index (Phi) is 8.89. The van der Waals surface area contributed by atoms with E-state index in [1.807, 2.05) is 47.4 Å². The molecule has 1 saturated heterocycles. The summed E-state index contributed by atoms with van der Waals surface area (Å²) in [5, 5.41) is 0.612. The molecule has 7 heteroatoms. The van der Waals surface area contributed by atoms with E-state index in [9.17, 15) is 9.59 Å². The molecule has 0 atom stereocenters. The summed E-state index contributed by atoms with van der Waals surface area (Å²) in [5.41, 5.74) is 3.03. The van der Waals surface area contributed by atoms with Crippen molar-refractivity contribution in [2.24, 2.45) is 11.8 Å². The van der Waals surface area contributed by atoms with Gasteiger partial charge in [0, 0.05) is 25.2 Å². The molecule has 0 radical (unpaired) electrons. The van der Waals surface area contributed by atoms with Gasteiger partial charge in [0.25, 0.3) is 11.5 Å². The molecule has 5 rings (SSSR count). The van der Waals surface area contributed by atoms with Crippen molar-refractivity contribution in [2.75, 3.05) is 32.7 Å². The van der Waals surface area contributed by atoms with E-state index in [1.54, 1.807) is 4.40 Å². The number of piperidine rings is 1. The molecule has 40 heavy (non-hydrogen) atoms. The first-order valence-corrected chi connectivity index (χ1v) is 15.3. The van der Waals surface area contributed by atoms with Crippen LogP contribution in [0.1, 0.15) is 76.6 Å².